The minimum Gasteiger partial charge on any atom is -0.493 e. The van der Waals surface area contributed by atoms with Crippen LogP contribution in [-0.2, 0) is 0 Å². The van der Waals surface area contributed by atoms with Gasteiger partial charge in [-0.1, -0.05) is 50.5 Å². The van der Waals surface area contributed by atoms with Gasteiger partial charge in [-0.2, -0.15) is 0 Å². The molecule has 0 saturated carbocycles. The Morgan fingerprint density at radius 2 is 1.78 bits per heavy atom. The fourth-order valence-electron chi connectivity index (χ4n) is 2.24. The van der Waals surface area contributed by atoms with E-state index in [2.05, 4.69) is 28.2 Å². The molecule has 0 unspecified atom stereocenters. The second-order valence-electron chi connectivity index (χ2n) is 5.34. The molecule has 0 aliphatic carbocycles. The van der Waals surface area contributed by atoms with Gasteiger partial charge in [0.25, 0.3) is 5.91 Å². The predicted octanol–water partition coefficient (Wildman–Crippen LogP) is 5.66. The molecule has 4 heteroatoms. The van der Waals surface area contributed by atoms with Crippen molar-refractivity contribution in [3.63, 3.8) is 0 Å². The molecule has 0 bridgehead atoms. The standard InChI is InChI=1S/C19H22BrNO2/c1-2-3-4-9-14-23-18-13-8-5-10-15(18)19(22)21-17-12-7-6-11-16(17)20/h5-8,10-13H,2-4,9,14H2,1H3,(H,21,22). The predicted molar refractivity (Wildman–Crippen MR) is 98.2 cm³/mol. The molecule has 0 heterocycles. The number of nitrogens with one attached hydrogen (secondary N) is 1. The Kier molecular flexibility index (Phi) is 7.14. The fraction of sp³-hybridized carbons (Fsp3) is 0.316. The summed E-state index contributed by atoms with van der Waals surface area (Å²) in [7, 11) is 0. The molecular formula is C19H22BrNO2. The number of benzene rings is 2. The second-order valence-corrected chi connectivity index (χ2v) is 6.19. The van der Waals surface area contributed by atoms with Crippen LogP contribution in [0.15, 0.2) is 53.0 Å². The van der Waals surface area contributed by atoms with E-state index < -0.39 is 0 Å². The topological polar surface area (TPSA) is 38.3 Å². The summed E-state index contributed by atoms with van der Waals surface area (Å²) in [4.78, 5) is 12.5. The van der Waals surface area contributed by atoms with Gasteiger partial charge in [0.2, 0.25) is 0 Å². The number of para-hydroxylation sites is 2. The number of carbonyl (C=O) groups excluding carboxylic acids is 1. The summed E-state index contributed by atoms with van der Waals surface area (Å²) < 4.78 is 6.65. The lowest BCUT2D eigenvalue weighted by atomic mass is 10.1. The van der Waals surface area contributed by atoms with Crippen molar-refractivity contribution in [1.82, 2.24) is 0 Å². The summed E-state index contributed by atoms with van der Waals surface area (Å²) >= 11 is 3.44. The Labute approximate surface area is 146 Å². The van der Waals surface area contributed by atoms with Crippen LogP contribution in [0.2, 0.25) is 0 Å². The molecular weight excluding hydrogens is 354 g/mol. The number of carbonyl (C=O) groups is 1. The minimum atomic E-state index is -0.166. The zero-order chi connectivity index (χ0) is 16.5. The monoisotopic (exact) mass is 375 g/mol. The molecule has 23 heavy (non-hydrogen) atoms. The Bertz CT molecular complexity index is 643. The largest absolute Gasteiger partial charge is 0.493 e. The molecule has 0 fully saturated rings. The van der Waals surface area contributed by atoms with Crippen molar-refractivity contribution in [2.24, 2.45) is 0 Å². The minimum absolute atomic E-state index is 0.166. The maximum absolute atomic E-state index is 12.5. The highest BCUT2D eigenvalue weighted by Crippen LogP contribution is 2.24. The summed E-state index contributed by atoms with van der Waals surface area (Å²) in [5, 5.41) is 2.91. The van der Waals surface area contributed by atoms with Crippen molar-refractivity contribution in [3.8, 4) is 5.75 Å². The molecule has 1 N–H and O–H groups in total. The summed E-state index contributed by atoms with van der Waals surface area (Å²) in [5.74, 6) is 0.467. The van der Waals surface area contributed by atoms with Gasteiger partial charge in [0.15, 0.2) is 0 Å². The van der Waals surface area contributed by atoms with Crippen LogP contribution in [0.1, 0.15) is 43.0 Å². The van der Waals surface area contributed by atoms with Crippen LogP contribution in [0, 0.1) is 0 Å². The van der Waals surface area contributed by atoms with Crippen LogP contribution in [0.3, 0.4) is 0 Å². The molecule has 0 spiro atoms. The number of halogens is 1. The van der Waals surface area contributed by atoms with Crippen LogP contribution < -0.4 is 10.1 Å². The first-order valence-corrected chi connectivity index (χ1v) is 8.79. The molecule has 2 rings (SSSR count). The van der Waals surface area contributed by atoms with E-state index in [1.165, 1.54) is 12.8 Å². The lowest BCUT2D eigenvalue weighted by Gasteiger charge is -2.12. The molecule has 0 aromatic heterocycles. The number of amides is 1. The van der Waals surface area contributed by atoms with Gasteiger partial charge in [-0.25, -0.2) is 0 Å². The molecule has 1 amide bonds. The Hall–Kier alpha value is -1.81. The molecule has 0 atom stereocenters. The first kappa shape index (κ1) is 17.5. The molecule has 0 radical (unpaired) electrons. The van der Waals surface area contributed by atoms with E-state index in [1.807, 2.05) is 42.5 Å². The average molecular weight is 376 g/mol. The van der Waals surface area contributed by atoms with E-state index in [4.69, 9.17) is 4.74 Å². The third-order valence-corrected chi connectivity index (χ3v) is 4.20. The highest BCUT2D eigenvalue weighted by atomic mass is 79.9. The normalized spacial score (nSPS) is 10.3. The zero-order valence-electron chi connectivity index (χ0n) is 13.3. The molecule has 2 aromatic carbocycles. The van der Waals surface area contributed by atoms with Gasteiger partial charge >= 0.3 is 0 Å². The first-order valence-electron chi connectivity index (χ1n) is 8.00. The zero-order valence-corrected chi connectivity index (χ0v) is 14.9. The molecule has 2 aromatic rings. The summed E-state index contributed by atoms with van der Waals surface area (Å²) in [6, 6.07) is 14.9. The Balaban J connectivity index is 2.01. The Morgan fingerprint density at radius 3 is 2.57 bits per heavy atom. The van der Waals surface area contributed by atoms with Gasteiger partial charge in [0.1, 0.15) is 5.75 Å². The van der Waals surface area contributed by atoms with Gasteiger partial charge in [-0.3, -0.25) is 4.79 Å². The van der Waals surface area contributed by atoms with Crippen LogP contribution in [0.25, 0.3) is 0 Å². The highest BCUT2D eigenvalue weighted by Gasteiger charge is 2.13. The fourth-order valence-corrected chi connectivity index (χ4v) is 2.63. The number of hydrogen-bond donors (Lipinski definition) is 1. The molecule has 3 nitrogen and oxygen atoms in total. The molecule has 122 valence electrons. The third kappa shape index (κ3) is 5.39. The van der Waals surface area contributed by atoms with Crippen LogP contribution in [0.4, 0.5) is 5.69 Å². The molecule has 0 saturated heterocycles. The first-order chi connectivity index (χ1) is 11.2. The number of rotatable bonds is 8. The van der Waals surface area contributed by atoms with Crippen molar-refractivity contribution in [1.29, 1.82) is 0 Å². The van der Waals surface area contributed by atoms with Crippen molar-refractivity contribution >= 4 is 27.5 Å². The van der Waals surface area contributed by atoms with Crippen molar-refractivity contribution < 1.29 is 9.53 Å². The van der Waals surface area contributed by atoms with E-state index >= 15 is 0 Å². The van der Waals surface area contributed by atoms with Gasteiger partial charge in [-0.05, 0) is 46.6 Å². The van der Waals surface area contributed by atoms with E-state index in [-0.39, 0.29) is 5.91 Å². The summed E-state index contributed by atoms with van der Waals surface area (Å²) in [5.41, 5.74) is 1.30. The van der Waals surface area contributed by atoms with Crippen LogP contribution >= 0.6 is 15.9 Å². The smallest absolute Gasteiger partial charge is 0.259 e. The number of anilines is 1. The van der Waals surface area contributed by atoms with Crippen molar-refractivity contribution in [2.45, 2.75) is 32.6 Å². The van der Waals surface area contributed by atoms with Crippen LogP contribution in [0.5, 0.6) is 5.75 Å². The number of unbranched alkanes of at least 4 members (excludes halogenated alkanes) is 3. The molecule has 0 aliphatic rings. The van der Waals surface area contributed by atoms with Gasteiger partial charge in [0.05, 0.1) is 17.9 Å². The van der Waals surface area contributed by atoms with Gasteiger partial charge in [-0.15, -0.1) is 0 Å². The Morgan fingerprint density at radius 1 is 1.04 bits per heavy atom. The van der Waals surface area contributed by atoms with Gasteiger partial charge in [0, 0.05) is 4.47 Å². The SMILES string of the molecule is CCCCCCOc1ccccc1C(=O)Nc1ccccc1Br. The maximum atomic E-state index is 12.5. The van der Waals surface area contributed by atoms with E-state index in [0.717, 1.165) is 23.0 Å². The summed E-state index contributed by atoms with van der Waals surface area (Å²) in [6.45, 7) is 2.82. The highest BCUT2D eigenvalue weighted by molar-refractivity contribution is 9.10. The van der Waals surface area contributed by atoms with E-state index in [9.17, 15) is 4.79 Å². The number of hydrogen-bond acceptors (Lipinski definition) is 2. The second kappa shape index (κ2) is 9.36. The molecule has 0 aliphatic heterocycles. The lowest BCUT2D eigenvalue weighted by molar-refractivity contribution is 0.102. The average Bonchev–Trinajstić information content (AvgIpc) is 2.57. The van der Waals surface area contributed by atoms with Gasteiger partial charge < -0.3 is 10.1 Å². The third-order valence-electron chi connectivity index (χ3n) is 3.51. The number of ether oxygens (including phenoxy) is 1. The maximum Gasteiger partial charge on any atom is 0.259 e. The van der Waals surface area contributed by atoms with Crippen LogP contribution in [-0.4, -0.2) is 12.5 Å². The van der Waals surface area contributed by atoms with E-state index in [1.54, 1.807) is 6.07 Å². The van der Waals surface area contributed by atoms with Crippen molar-refractivity contribution in [2.75, 3.05) is 11.9 Å². The lowest BCUT2D eigenvalue weighted by Crippen LogP contribution is -2.14. The van der Waals surface area contributed by atoms with E-state index in [0.29, 0.717) is 17.9 Å². The van der Waals surface area contributed by atoms with Crippen molar-refractivity contribution in [3.05, 3.63) is 58.6 Å². The summed E-state index contributed by atoms with van der Waals surface area (Å²) in [6.07, 6.45) is 4.58. The quantitative estimate of drug-likeness (QED) is 0.604.